The lowest BCUT2D eigenvalue weighted by molar-refractivity contribution is -0.107. The zero-order chi connectivity index (χ0) is 17.8. The van der Waals surface area contributed by atoms with Crippen LogP contribution in [-0.4, -0.2) is 43.9 Å². The second kappa shape index (κ2) is 9.36. The fourth-order valence-corrected chi connectivity index (χ4v) is 4.73. The molecule has 142 valence electrons. The first-order valence-corrected chi connectivity index (χ1v) is 10.1. The van der Waals surface area contributed by atoms with Crippen LogP contribution in [0.4, 0.5) is 5.69 Å². The number of rotatable bonds is 6. The van der Waals surface area contributed by atoms with E-state index in [4.69, 9.17) is 0 Å². The van der Waals surface area contributed by atoms with Crippen molar-refractivity contribution in [3.05, 3.63) is 65.0 Å². The van der Waals surface area contributed by atoms with Gasteiger partial charge in [0.15, 0.2) is 0 Å². The fourth-order valence-electron chi connectivity index (χ4n) is 3.70. The van der Waals surface area contributed by atoms with Crippen molar-refractivity contribution in [3.63, 3.8) is 0 Å². The number of hydrogen-bond donors (Lipinski definition) is 0. The number of anilines is 1. The summed E-state index contributed by atoms with van der Waals surface area (Å²) >= 11 is 1.74. The minimum absolute atomic E-state index is 0. The van der Waals surface area contributed by atoms with E-state index in [1.165, 1.54) is 21.3 Å². The quantitative estimate of drug-likeness (QED) is 0.572. The van der Waals surface area contributed by atoms with Gasteiger partial charge in [0.25, 0.3) is 0 Å². The smallest absolute Gasteiger partial charge is 0.125 e. The van der Waals surface area contributed by atoms with Crippen LogP contribution >= 0.6 is 23.7 Å². The number of halogens is 1. The van der Waals surface area contributed by atoms with Gasteiger partial charge in [0.05, 0.1) is 0 Å². The van der Waals surface area contributed by atoms with E-state index in [1.807, 2.05) is 0 Å². The predicted octanol–water partition coefficient (Wildman–Crippen LogP) is 4.43. The van der Waals surface area contributed by atoms with Crippen molar-refractivity contribution in [3.8, 4) is 0 Å². The third-order valence-corrected chi connectivity index (χ3v) is 6.27. The molecular formula is C22H25ClN2OS. The van der Waals surface area contributed by atoms with Gasteiger partial charge < -0.3 is 9.69 Å². The molecule has 2 heterocycles. The number of fused-ring (bicyclic) bond motifs is 1. The number of nitrogens with zero attached hydrogens (tertiary/aromatic N) is 2. The molecule has 3 aromatic rings. The van der Waals surface area contributed by atoms with Gasteiger partial charge in [-0.05, 0) is 30.2 Å². The maximum absolute atomic E-state index is 10.8. The molecule has 0 bridgehead atoms. The molecule has 1 fully saturated rings. The fraction of sp³-hybridized carbons (Fsp3) is 0.318. The number of aldehydes is 1. The highest BCUT2D eigenvalue weighted by Crippen LogP contribution is 2.34. The molecule has 3 nitrogen and oxygen atoms in total. The van der Waals surface area contributed by atoms with Crippen LogP contribution in [0.15, 0.2) is 54.6 Å². The van der Waals surface area contributed by atoms with Crippen molar-refractivity contribution < 1.29 is 4.79 Å². The van der Waals surface area contributed by atoms with Gasteiger partial charge in [-0.25, -0.2) is 0 Å². The van der Waals surface area contributed by atoms with Gasteiger partial charge in [-0.15, -0.1) is 23.7 Å². The van der Waals surface area contributed by atoms with Crippen LogP contribution in [0.2, 0.25) is 0 Å². The van der Waals surface area contributed by atoms with Crippen molar-refractivity contribution in [1.29, 1.82) is 0 Å². The summed E-state index contributed by atoms with van der Waals surface area (Å²) in [7, 11) is 0. The Morgan fingerprint density at radius 3 is 2.48 bits per heavy atom. The summed E-state index contributed by atoms with van der Waals surface area (Å²) in [5, 5.41) is 1.30. The van der Waals surface area contributed by atoms with E-state index in [9.17, 15) is 4.79 Å². The summed E-state index contributed by atoms with van der Waals surface area (Å²) < 4.78 is 1.28. The van der Waals surface area contributed by atoms with Crippen molar-refractivity contribution in [1.82, 2.24) is 4.90 Å². The molecule has 0 saturated carbocycles. The Balaban J connectivity index is 0.00000210. The van der Waals surface area contributed by atoms with Crippen LogP contribution < -0.4 is 4.90 Å². The van der Waals surface area contributed by atoms with E-state index in [0.717, 1.165) is 50.3 Å². The third kappa shape index (κ3) is 4.70. The van der Waals surface area contributed by atoms with E-state index in [2.05, 4.69) is 64.4 Å². The summed E-state index contributed by atoms with van der Waals surface area (Å²) in [5.74, 6) is 0. The Bertz CT molecular complexity index is 872. The molecule has 1 aliphatic heterocycles. The molecule has 0 amide bonds. The van der Waals surface area contributed by atoms with E-state index < -0.39 is 0 Å². The first-order valence-electron chi connectivity index (χ1n) is 9.30. The van der Waals surface area contributed by atoms with Crippen LogP contribution in [-0.2, 0) is 17.6 Å². The van der Waals surface area contributed by atoms with Crippen molar-refractivity contribution in [2.75, 3.05) is 37.6 Å². The zero-order valence-electron chi connectivity index (χ0n) is 15.3. The lowest BCUT2D eigenvalue weighted by Gasteiger charge is -2.36. The maximum Gasteiger partial charge on any atom is 0.125 e. The predicted molar refractivity (Wildman–Crippen MR) is 118 cm³/mol. The molecule has 0 aliphatic carbocycles. The van der Waals surface area contributed by atoms with Gasteiger partial charge >= 0.3 is 0 Å². The van der Waals surface area contributed by atoms with E-state index in [-0.39, 0.29) is 12.4 Å². The van der Waals surface area contributed by atoms with Crippen LogP contribution in [0.3, 0.4) is 0 Å². The highest BCUT2D eigenvalue weighted by atomic mass is 35.5. The first-order chi connectivity index (χ1) is 12.8. The van der Waals surface area contributed by atoms with Gasteiger partial charge in [0.2, 0.25) is 0 Å². The second-order valence-electron chi connectivity index (χ2n) is 6.84. The number of carbonyl (C=O) groups is 1. The molecule has 27 heavy (non-hydrogen) atoms. The van der Waals surface area contributed by atoms with Crippen molar-refractivity contribution in [2.24, 2.45) is 0 Å². The molecule has 1 saturated heterocycles. The number of benzene rings is 2. The number of piperazine rings is 1. The van der Waals surface area contributed by atoms with Gasteiger partial charge in [-0.3, -0.25) is 4.90 Å². The highest BCUT2D eigenvalue weighted by Gasteiger charge is 2.19. The Hall–Kier alpha value is -1.88. The summed E-state index contributed by atoms with van der Waals surface area (Å²) in [5.41, 5.74) is 2.74. The molecule has 0 spiro atoms. The Kier molecular flexibility index (Phi) is 6.89. The van der Waals surface area contributed by atoms with Crippen LogP contribution in [0.1, 0.15) is 10.4 Å². The molecule has 0 atom stereocenters. The van der Waals surface area contributed by atoms with Gasteiger partial charge in [0, 0.05) is 59.8 Å². The number of hydrogen-bond acceptors (Lipinski definition) is 4. The summed E-state index contributed by atoms with van der Waals surface area (Å²) in [6.45, 7) is 5.46. The molecule has 0 N–H and O–H groups in total. The number of thiophene rings is 1. The zero-order valence-corrected chi connectivity index (χ0v) is 17.0. The molecule has 0 unspecified atom stereocenters. The van der Waals surface area contributed by atoms with Gasteiger partial charge in [-0.2, -0.15) is 0 Å². The van der Waals surface area contributed by atoms with Crippen molar-refractivity contribution in [2.45, 2.75) is 12.8 Å². The number of carbonyl (C=O) groups excluding carboxylic acids is 1. The lowest BCUT2D eigenvalue weighted by atomic mass is 10.1. The monoisotopic (exact) mass is 400 g/mol. The SMILES string of the molecule is Cl.O=CCc1cc2c(N3CCN(CCc4ccccc4)CC3)cccc2s1. The van der Waals surface area contributed by atoms with Gasteiger partial charge in [-0.1, -0.05) is 36.4 Å². The first kappa shape index (κ1) is 19.9. The highest BCUT2D eigenvalue weighted by molar-refractivity contribution is 7.19. The molecule has 4 rings (SSSR count). The van der Waals surface area contributed by atoms with Gasteiger partial charge in [0.1, 0.15) is 6.29 Å². The third-order valence-electron chi connectivity index (χ3n) is 5.15. The minimum Gasteiger partial charge on any atom is -0.368 e. The Morgan fingerprint density at radius 1 is 0.963 bits per heavy atom. The molecule has 1 aromatic heterocycles. The van der Waals surface area contributed by atoms with E-state index in [0.29, 0.717) is 6.42 Å². The summed E-state index contributed by atoms with van der Waals surface area (Å²) in [4.78, 5) is 17.0. The maximum atomic E-state index is 10.8. The Morgan fingerprint density at radius 2 is 1.74 bits per heavy atom. The minimum atomic E-state index is 0. The Labute approximate surface area is 171 Å². The van der Waals surface area contributed by atoms with E-state index >= 15 is 0 Å². The van der Waals surface area contributed by atoms with Crippen LogP contribution in [0.25, 0.3) is 10.1 Å². The van der Waals surface area contributed by atoms with E-state index in [1.54, 1.807) is 11.3 Å². The largest absolute Gasteiger partial charge is 0.368 e. The topological polar surface area (TPSA) is 23.6 Å². The second-order valence-corrected chi connectivity index (χ2v) is 8.01. The van der Waals surface area contributed by atoms with Crippen LogP contribution in [0, 0.1) is 0 Å². The summed E-state index contributed by atoms with van der Waals surface area (Å²) in [6.07, 6.45) is 2.64. The normalized spacial score (nSPS) is 14.9. The molecule has 2 aromatic carbocycles. The average molecular weight is 401 g/mol. The standard InChI is InChI=1S/C22H24N2OS.ClH/c25-16-10-19-17-20-21(7-4-8-22(20)26-19)24-14-12-23(13-15-24)11-9-18-5-2-1-3-6-18;/h1-8,16-17H,9-15H2;1H. The molecule has 1 aliphatic rings. The summed E-state index contributed by atoms with van der Waals surface area (Å²) in [6, 6.07) is 19.5. The molecule has 5 heteroatoms. The van der Waals surface area contributed by atoms with Crippen LogP contribution in [0.5, 0.6) is 0 Å². The molecule has 0 radical (unpaired) electrons. The lowest BCUT2D eigenvalue weighted by Crippen LogP contribution is -2.47. The van der Waals surface area contributed by atoms with Crippen molar-refractivity contribution >= 4 is 45.8 Å². The average Bonchev–Trinajstić information content (AvgIpc) is 3.10. The molecular weight excluding hydrogens is 376 g/mol.